The third kappa shape index (κ3) is 2.68. The lowest BCUT2D eigenvalue weighted by Crippen LogP contribution is -2.33. The monoisotopic (exact) mass is 279 g/mol. The fraction of sp³-hybridized carbons (Fsp3) is 0.538. The number of hydrogen-bond acceptors (Lipinski definition) is 5. The zero-order valence-corrected chi connectivity index (χ0v) is 12.1. The van der Waals surface area contributed by atoms with Crippen molar-refractivity contribution < 1.29 is 0 Å². The Bertz CT molecular complexity index is 526. The first-order valence-corrected chi connectivity index (χ1v) is 8.19. The highest BCUT2D eigenvalue weighted by atomic mass is 32.2. The van der Waals surface area contributed by atoms with Gasteiger partial charge in [-0.2, -0.15) is 0 Å². The van der Waals surface area contributed by atoms with Gasteiger partial charge in [0.15, 0.2) is 0 Å². The highest BCUT2D eigenvalue weighted by Gasteiger charge is 2.18. The van der Waals surface area contributed by atoms with E-state index < -0.39 is 0 Å². The van der Waals surface area contributed by atoms with Crippen LogP contribution in [0, 0.1) is 5.92 Å². The van der Waals surface area contributed by atoms with E-state index in [9.17, 15) is 0 Å². The molecule has 0 radical (unpaired) electrons. The molecule has 3 rings (SSSR count). The van der Waals surface area contributed by atoms with Gasteiger partial charge < -0.3 is 4.90 Å². The maximum absolute atomic E-state index is 4.43. The predicted molar refractivity (Wildman–Crippen MR) is 78.4 cm³/mol. The van der Waals surface area contributed by atoms with Gasteiger partial charge in [0.1, 0.15) is 11.4 Å². The molecule has 2 aromatic heterocycles. The number of nitrogens with zero attached hydrogens (tertiary/aromatic N) is 3. The van der Waals surface area contributed by atoms with Gasteiger partial charge in [-0.3, -0.25) is 0 Å². The molecule has 1 unspecified atom stereocenters. The average molecular weight is 279 g/mol. The predicted octanol–water partition coefficient (Wildman–Crippen LogP) is 3.13. The van der Waals surface area contributed by atoms with Gasteiger partial charge in [0, 0.05) is 12.3 Å². The number of piperidine rings is 1. The van der Waals surface area contributed by atoms with Crippen LogP contribution in [0.15, 0.2) is 22.8 Å². The third-order valence-corrected chi connectivity index (χ3v) is 5.65. The molecule has 0 spiro atoms. The van der Waals surface area contributed by atoms with Crippen molar-refractivity contribution >= 4 is 33.3 Å². The maximum atomic E-state index is 4.43. The molecule has 1 saturated heterocycles. The van der Waals surface area contributed by atoms with Crippen molar-refractivity contribution in [1.82, 2.24) is 14.9 Å². The van der Waals surface area contributed by atoms with Gasteiger partial charge in [0.2, 0.25) is 0 Å². The zero-order valence-electron chi connectivity index (χ0n) is 10.5. The minimum atomic E-state index is 0.804. The van der Waals surface area contributed by atoms with Crippen LogP contribution in [0.3, 0.4) is 0 Å². The first kappa shape index (κ1) is 12.4. The first-order chi connectivity index (χ1) is 8.83. The number of thioether (sulfide) groups is 1. The second kappa shape index (κ2) is 5.55. The van der Waals surface area contributed by atoms with Crippen LogP contribution in [0.25, 0.3) is 10.2 Å². The molecule has 1 atom stereocenters. The van der Waals surface area contributed by atoms with Crippen LogP contribution in [-0.4, -0.2) is 40.8 Å². The third-order valence-electron chi connectivity index (χ3n) is 3.39. The largest absolute Gasteiger partial charge is 0.306 e. The molecule has 0 N–H and O–H groups in total. The lowest BCUT2D eigenvalue weighted by molar-refractivity contribution is 0.224. The summed E-state index contributed by atoms with van der Waals surface area (Å²) in [6.07, 6.45) is 4.38. The van der Waals surface area contributed by atoms with E-state index in [4.69, 9.17) is 0 Å². The summed E-state index contributed by atoms with van der Waals surface area (Å²) in [5.74, 6) is 1.98. The van der Waals surface area contributed by atoms with Crippen molar-refractivity contribution in [2.24, 2.45) is 5.92 Å². The van der Waals surface area contributed by atoms with Crippen LogP contribution in [-0.2, 0) is 0 Å². The van der Waals surface area contributed by atoms with Gasteiger partial charge in [-0.15, -0.1) is 23.1 Å². The Morgan fingerprint density at radius 3 is 3.33 bits per heavy atom. The van der Waals surface area contributed by atoms with Gasteiger partial charge in [0.25, 0.3) is 0 Å². The summed E-state index contributed by atoms with van der Waals surface area (Å²) in [6.45, 7) is 2.48. The van der Waals surface area contributed by atoms with Crippen molar-refractivity contribution in [2.75, 3.05) is 25.9 Å². The second-order valence-electron chi connectivity index (χ2n) is 4.90. The Hall–Kier alpha value is -0.650. The van der Waals surface area contributed by atoms with E-state index in [2.05, 4.69) is 33.4 Å². The molecular formula is C13H17N3S2. The minimum Gasteiger partial charge on any atom is -0.306 e. The number of hydrogen-bond donors (Lipinski definition) is 0. The molecular weight excluding hydrogens is 262 g/mol. The fourth-order valence-electron chi connectivity index (χ4n) is 2.48. The average Bonchev–Trinajstić information content (AvgIpc) is 2.85. The summed E-state index contributed by atoms with van der Waals surface area (Å²) in [5, 5.41) is 3.25. The Morgan fingerprint density at radius 2 is 2.44 bits per heavy atom. The molecule has 3 heterocycles. The van der Waals surface area contributed by atoms with Crippen LogP contribution >= 0.6 is 23.1 Å². The molecule has 0 amide bonds. The van der Waals surface area contributed by atoms with Crippen molar-refractivity contribution in [1.29, 1.82) is 0 Å². The molecule has 0 bridgehead atoms. The van der Waals surface area contributed by atoms with Crippen LogP contribution < -0.4 is 0 Å². The smallest absolute Gasteiger partial charge is 0.117 e. The maximum Gasteiger partial charge on any atom is 0.117 e. The molecule has 2 aromatic rings. The number of fused-ring (bicyclic) bond motifs is 1. The van der Waals surface area contributed by atoms with Crippen LogP contribution in [0.2, 0.25) is 0 Å². The molecule has 1 aliphatic rings. The first-order valence-electron chi connectivity index (χ1n) is 6.32. The molecule has 96 valence electrons. The Morgan fingerprint density at radius 1 is 1.50 bits per heavy atom. The summed E-state index contributed by atoms with van der Waals surface area (Å²) < 4.78 is 1.24. The SMILES string of the molecule is CN1CCCC(CSc2ncnc3ccsc23)C1. The molecule has 18 heavy (non-hydrogen) atoms. The van der Waals surface area contributed by atoms with Gasteiger partial charge in [0.05, 0.1) is 10.2 Å². The highest BCUT2D eigenvalue weighted by molar-refractivity contribution is 7.99. The molecule has 5 heteroatoms. The van der Waals surface area contributed by atoms with Crippen molar-refractivity contribution in [3.8, 4) is 0 Å². The van der Waals surface area contributed by atoms with Gasteiger partial charge in [-0.05, 0) is 43.8 Å². The standard InChI is InChI=1S/C13H17N3S2/c1-16-5-2-3-10(7-16)8-18-13-12-11(4-6-17-12)14-9-15-13/h4,6,9-10H,2-3,5,7-8H2,1H3. The summed E-state index contributed by atoms with van der Waals surface area (Å²) in [4.78, 5) is 11.2. The van der Waals surface area contributed by atoms with Crippen molar-refractivity contribution in [2.45, 2.75) is 17.9 Å². The number of rotatable bonds is 3. The fourth-order valence-corrected chi connectivity index (χ4v) is 4.55. The number of thiophene rings is 1. The van der Waals surface area contributed by atoms with E-state index in [0.29, 0.717) is 0 Å². The topological polar surface area (TPSA) is 29.0 Å². The van der Waals surface area contributed by atoms with Crippen molar-refractivity contribution in [3.05, 3.63) is 17.8 Å². The lowest BCUT2D eigenvalue weighted by Gasteiger charge is -2.29. The van der Waals surface area contributed by atoms with E-state index in [-0.39, 0.29) is 0 Å². The minimum absolute atomic E-state index is 0.804. The van der Waals surface area contributed by atoms with E-state index in [1.165, 1.54) is 36.4 Å². The van der Waals surface area contributed by atoms with Crippen LogP contribution in [0.5, 0.6) is 0 Å². The summed E-state index contributed by atoms with van der Waals surface area (Å²) in [5.41, 5.74) is 1.08. The zero-order chi connectivity index (χ0) is 12.4. The van der Waals surface area contributed by atoms with Gasteiger partial charge >= 0.3 is 0 Å². The lowest BCUT2D eigenvalue weighted by atomic mass is 10.0. The van der Waals surface area contributed by atoms with Crippen LogP contribution in [0.1, 0.15) is 12.8 Å². The summed E-state index contributed by atoms with van der Waals surface area (Å²) >= 11 is 3.64. The van der Waals surface area contributed by atoms with Gasteiger partial charge in [-0.1, -0.05) is 0 Å². The Labute approximate surface area is 116 Å². The Kier molecular flexibility index (Phi) is 3.82. The van der Waals surface area contributed by atoms with E-state index >= 15 is 0 Å². The molecule has 0 aliphatic carbocycles. The molecule has 3 nitrogen and oxygen atoms in total. The summed E-state index contributed by atoms with van der Waals surface area (Å²) in [7, 11) is 2.22. The molecule has 1 fully saturated rings. The second-order valence-corrected chi connectivity index (χ2v) is 6.82. The molecule has 0 aromatic carbocycles. The van der Waals surface area contributed by atoms with E-state index in [1.54, 1.807) is 17.7 Å². The van der Waals surface area contributed by atoms with Gasteiger partial charge in [-0.25, -0.2) is 9.97 Å². The number of aromatic nitrogens is 2. The van der Waals surface area contributed by atoms with E-state index in [1.807, 2.05) is 11.8 Å². The number of likely N-dealkylation sites (tertiary alicyclic amines) is 1. The van der Waals surface area contributed by atoms with E-state index in [0.717, 1.165) is 16.5 Å². The normalized spacial score (nSPS) is 21.5. The Balaban J connectivity index is 1.67. The molecule has 1 aliphatic heterocycles. The van der Waals surface area contributed by atoms with Crippen molar-refractivity contribution in [3.63, 3.8) is 0 Å². The van der Waals surface area contributed by atoms with Crippen LogP contribution in [0.4, 0.5) is 0 Å². The molecule has 0 saturated carbocycles. The summed E-state index contributed by atoms with van der Waals surface area (Å²) in [6, 6.07) is 2.07. The highest BCUT2D eigenvalue weighted by Crippen LogP contribution is 2.31. The quantitative estimate of drug-likeness (QED) is 0.637.